The Morgan fingerprint density at radius 2 is 2.31 bits per heavy atom. The third-order valence-corrected chi connectivity index (χ3v) is 2.71. The zero-order valence-corrected chi connectivity index (χ0v) is 9.32. The molecule has 4 nitrogen and oxygen atoms in total. The van der Waals surface area contributed by atoms with Crippen molar-refractivity contribution in [2.45, 2.75) is 0 Å². The molecule has 0 spiro atoms. The SMILES string of the molecule is COC(=O)c1ccc(O)c(-c2cscn2)c1. The highest BCUT2D eigenvalue weighted by molar-refractivity contribution is 7.07. The molecule has 0 fully saturated rings. The Morgan fingerprint density at radius 3 is 2.94 bits per heavy atom. The number of phenols is 1. The minimum Gasteiger partial charge on any atom is -0.507 e. The van der Waals surface area contributed by atoms with Gasteiger partial charge in [0, 0.05) is 10.9 Å². The highest BCUT2D eigenvalue weighted by Crippen LogP contribution is 2.29. The van der Waals surface area contributed by atoms with Crippen LogP contribution in [-0.4, -0.2) is 23.2 Å². The lowest BCUT2D eigenvalue weighted by molar-refractivity contribution is 0.0601. The largest absolute Gasteiger partial charge is 0.507 e. The lowest BCUT2D eigenvalue weighted by Crippen LogP contribution is -2.00. The maximum atomic E-state index is 11.3. The summed E-state index contributed by atoms with van der Waals surface area (Å²) in [5.41, 5.74) is 3.24. The topological polar surface area (TPSA) is 59.4 Å². The molecule has 0 amide bonds. The summed E-state index contributed by atoms with van der Waals surface area (Å²) >= 11 is 1.42. The molecule has 16 heavy (non-hydrogen) atoms. The van der Waals surface area contributed by atoms with Crippen LogP contribution >= 0.6 is 11.3 Å². The van der Waals surface area contributed by atoms with Crippen molar-refractivity contribution in [3.05, 3.63) is 34.7 Å². The van der Waals surface area contributed by atoms with Crippen molar-refractivity contribution in [3.63, 3.8) is 0 Å². The van der Waals surface area contributed by atoms with E-state index in [0.717, 1.165) is 0 Å². The number of esters is 1. The lowest BCUT2D eigenvalue weighted by Gasteiger charge is -2.04. The van der Waals surface area contributed by atoms with Crippen molar-refractivity contribution in [2.75, 3.05) is 7.11 Å². The fourth-order valence-corrected chi connectivity index (χ4v) is 1.88. The Morgan fingerprint density at radius 1 is 1.50 bits per heavy atom. The average molecular weight is 235 g/mol. The summed E-state index contributed by atoms with van der Waals surface area (Å²) in [4.78, 5) is 15.4. The highest BCUT2D eigenvalue weighted by Gasteiger charge is 2.11. The molecular formula is C11H9NO3S. The number of benzene rings is 1. The number of ether oxygens (including phenoxy) is 1. The van der Waals surface area contributed by atoms with E-state index in [-0.39, 0.29) is 5.75 Å². The molecule has 0 saturated carbocycles. The third kappa shape index (κ3) is 1.90. The molecule has 5 heteroatoms. The van der Waals surface area contributed by atoms with Crippen LogP contribution in [0.3, 0.4) is 0 Å². The van der Waals surface area contributed by atoms with Crippen molar-refractivity contribution in [3.8, 4) is 17.0 Å². The summed E-state index contributed by atoms with van der Waals surface area (Å²) in [6, 6.07) is 4.54. The third-order valence-electron chi connectivity index (χ3n) is 2.13. The van der Waals surface area contributed by atoms with Gasteiger partial charge in [-0.2, -0.15) is 0 Å². The Hall–Kier alpha value is -1.88. The number of phenolic OH excluding ortho intramolecular Hbond substituents is 1. The van der Waals surface area contributed by atoms with Crippen molar-refractivity contribution in [1.82, 2.24) is 4.98 Å². The molecule has 0 unspecified atom stereocenters. The predicted octanol–water partition coefficient (Wildman–Crippen LogP) is 2.30. The average Bonchev–Trinajstić information content (AvgIpc) is 2.82. The molecule has 2 rings (SSSR count). The lowest BCUT2D eigenvalue weighted by atomic mass is 10.1. The van der Waals surface area contributed by atoms with Crippen molar-refractivity contribution < 1.29 is 14.6 Å². The van der Waals surface area contributed by atoms with Crippen LogP contribution in [0.15, 0.2) is 29.1 Å². The van der Waals surface area contributed by atoms with E-state index in [0.29, 0.717) is 16.8 Å². The fourth-order valence-electron chi connectivity index (χ4n) is 1.33. The first-order chi connectivity index (χ1) is 7.72. The maximum Gasteiger partial charge on any atom is 0.337 e. The fraction of sp³-hybridized carbons (Fsp3) is 0.0909. The number of thiazole rings is 1. The van der Waals surface area contributed by atoms with Gasteiger partial charge in [0.2, 0.25) is 0 Å². The number of rotatable bonds is 2. The van der Waals surface area contributed by atoms with Crippen LogP contribution in [0, 0.1) is 0 Å². The van der Waals surface area contributed by atoms with Gasteiger partial charge in [0.15, 0.2) is 0 Å². The molecule has 0 saturated heterocycles. The van der Waals surface area contributed by atoms with Gasteiger partial charge in [-0.25, -0.2) is 9.78 Å². The second-order valence-electron chi connectivity index (χ2n) is 3.10. The van der Waals surface area contributed by atoms with E-state index in [1.165, 1.54) is 30.6 Å². The van der Waals surface area contributed by atoms with Gasteiger partial charge >= 0.3 is 5.97 Å². The maximum absolute atomic E-state index is 11.3. The first kappa shape index (κ1) is 10.6. The van der Waals surface area contributed by atoms with Crippen LogP contribution in [0.1, 0.15) is 10.4 Å². The summed E-state index contributed by atoms with van der Waals surface area (Å²) < 4.78 is 4.61. The second-order valence-corrected chi connectivity index (χ2v) is 3.82. The van der Waals surface area contributed by atoms with E-state index in [4.69, 9.17) is 0 Å². The standard InChI is InChI=1S/C11H9NO3S/c1-15-11(14)7-2-3-10(13)8(4-7)9-5-16-6-12-9/h2-6,13H,1H3. The van der Waals surface area contributed by atoms with Crippen molar-refractivity contribution in [2.24, 2.45) is 0 Å². The van der Waals surface area contributed by atoms with E-state index < -0.39 is 5.97 Å². The Balaban J connectivity index is 2.49. The molecule has 0 bridgehead atoms. The van der Waals surface area contributed by atoms with Gasteiger partial charge in [0.05, 0.1) is 23.9 Å². The minimum absolute atomic E-state index is 0.0959. The number of hydrogen-bond donors (Lipinski definition) is 1. The highest BCUT2D eigenvalue weighted by atomic mass is 32.1. The van der Waals surface area contributed by atoms with Crippen molar-refractivity contribution in [1.29, 1.82) is 0 Å². The summed E-state index contributed by atoms with van der Waals surface area (Å²) in [6.45, 7) is 0. The number of hydrogen-bond acceptors (Lipinski definition) is 5. The van der Waals surface area contributed by atoms with Crippen LogP contribution in [-0.2, 0) is 4.74 Å². The summed E-state index contributed by atoms with van der Waals surface area (Å²) in [5.74, 6) is -0.338. The van der Waals surface area contributed by atoms with Gasteiger partial charge in [0.1, 0.15) is 5.75 Å². The first-order valence-corrected chi connectivity index (χ1v) is 5.46. The molecule has 1 aromatic carbocycles. The van der Waals surface area contributed by atoms with E-state index in [9.17, 15) is 9.90 Å². The van der Waals surface area contributed by atoms with Gasteiger partial charge in [-0.15, -0.1) is 11.3 Å². The molecule has 1 heterocycles. The van der Waals surface area contributed by atoms with Gasteiger partial charge in [0.25, 0.3) is 0 Å². The molecule has 82 valence electrons. The van der Waals surface area contributed by atoms with Gasteiger partial charge in [-0.05, 0) is 18.2 Å². The van der Waals surface area contributed by atoms with Gasteiger partial charge in [-0.3, -0.25) is 0 Å². The molecule has 0 aliphatic carbocycles. The van der Waals surface area contributed by atoms with E-state index in [1.807, 2.05) is 0 Å². The second kappa shape index (κ2) is 4.32. The number of aromatic hydroxyl groups is 1. The van der Waals surface area contributed by atoms with Crippen LogP contribution in [0.4, 0.5) is 0 Å². The van der Waals surface area contributed by atoms with E-state index in [2.05, 4.69) is 9.72 Å². The Bertz CT molecular complexity index is 508. The Labute approximate surface area is 96.1 Å². The molecule has 0 aliphatic rings. The molecule has 2 aromatic rings. The monoisotopic (exact) mass is 235 g/mol. The molecule has 1 N–H and O–H groups in total. The first-order valence-electron chi connectivity index (χ1n) is 4.52. The van der Waals surface area contributed by atoms with E-state index >= 15 is 0 Å². The summed E-state index contributed by atoms with van der Waals surface area (Å²) in [7, 11) is 1.32. The number of carbonyl (C=O) groups excluding carboxylic acids is 1. The number of carbonyl (C=O) groups is 1. The zero-order valence-electron chi connectivity index (χ0n) is 8.51. The normalized spacial score (nSPS) is 10.1. The van der Waals surface area contributed by atoms with Crippen LogP contribution in [0.2, 0.25) is 0 Å². The van der Waals surface area contributed by atoms with Crippen LogP contribution < -0.4 is 0 Å². The number of aromatic nitrogens is 1. The number of nitrogens with zero attached hydrogens (tertiary/aromatic N) is 1. The predicted molar refractivity (Wildman–Crippen MR) is 60.6 cm³/mol. The molecule has 0 aliphatic heterocycles. The smallest absolute Gasteiger partial charge is 0.337 e. The van der Waals surface area contributed by atoms with Crippen LogP contribution in [0.25, 0.3) is 11.3 Å². The molecule has 0 atom stereocenters. The zero-order chi connectivity index (χ0) is 11.5. The number of methoxy groups -OCH3 is 1. The minimum atomic E-state index is -0.434. The molecule has 0 radical (unpaired) electrons. The summed E-state index contributed by atoms with van der Waals surface area (Å²) in [5, 5.41) is 11.5. The molecular weight excluding hydrogens is 226 g/mol. The Kier molecular flexibility index (Phi) is 2.87. The van der Waals surface area contributed by atoms with Gasteiger partial charge < -0.3 is 9.84 Å². The van der Waals surface area contributed by atoms with Crippen molar-refractivity contribution >= 4 is 17.3 Å². The van der Waals surface area contributed by atoms with Crippen LogP contribution in [0.5, 0.6) is 5.75 Å². The quantitative estimate of drug-likeness (QED) is 0.811. The van der Waals surface area contributed by atoms with Gasteiger partial charge in [-0.1, -0.05) is 0 Å². The molecule has 1 aromatic heterocycles. The van der Waals surface area contributed by atoms with E-state index in [1.54, 1.807) is 17.0 Å². The summed E-state index contributed by atoms with van der Waals surface area (Å²) in [6.07, 6.45) is 0.